The van der Waals surface area contributed by atoms with Gasteiger partial charge in [0.15, 0.2) is 0 Å². The molecule has 4 nitrogen and oxygen atoms in total. The lowest BCUT2D eigenvalue weighted by Gasteiger charge is -2.34. The summed E-state index contributed by atoms with van der Waals surface area (Å²) < 4.78 is 2.15. The summed E-state index contributed by atoms with van der Waals surface area (Å²) in [6, 6.07) is 3.78. The summed E-state index contributed by atoms with van der Waals surface area (Å²) in [5, 5.41) is 0.741. The minimum Gasteiger partial charge on any atom is -0.355 e. The molecule has 1 unspecified atom stereocenters. The second-order valence-corrected chi connectivity index (χ2v) is 5.43. The highest BCUT2D eigenvalue weighted by Crippen LogP contribution is 2.27. The van der Waals surface area contributed by atoms with Crippen LogP contribution in [0.4, 0.5) is 5.82 Å². The average molecular weight is 277 g/mol. The van der Waals surface area contributed by atoms with Gasteiger partial charge in [-0.3, -0.25) is 0 Å². The van der Waals surface area contributed by atoms with Crippen LogP contribution in [-0.4, -0.2) is 27.6 Å². The van der Waals surface area contributed by atoms with E-state index >= 15 is 0 Å². The molecule has 19 heavy (non-hydrogen) atoms. The molecule has 100 valence electrons. The number of piperidine rings is 1. The van der Waals surface area contributed by atoms with Crippen LogP contribution in [0.15, 0.2) is 37.1 Å². The summed E-state index contributed by atoms with van der Waals surface area (Å²) in [6.45, 7) is 3.06. The lowest BCUT2D eigenvalue weighted by molar-refractivity contribution is 0.365. The second-order valence-electron chi connectivity index (χ2n) is 5.02. The Bertz CT molecular complexity index is 526. The third kappa shape index (κ3) is 2.89. The Morgan fingerprint density at radius 1 is 1.37 bits per heavy atom. The first-order chi connectivity index (χ1) is 9.33. The van der Waals surface area contributed by atoms with Gasteiger partial charge in [0, 0.05) is 38.2 Å². The molecule has 0 N–H and O–H groups in total. The van der Waals surface area contributed by atoms with Crippen LogP contribution in [0.3, 0.4) is 0 Å². The molecule has 5 heteroatoms. The van der Waals surface area contributed by atoms with Crippen LogP contribution in [0, 0.1) is 5.92 Å². The molecular weight excluding hydrogens is 260 g/mol. The standard InChI is InChI=1S/C14H17ClN4/c15-13-4-1-5-17-14(13)19-7-2-3-12(10-19)9-18-8-6-16-11-18/h1,4-6,8,11-12H,2-3,7,9-10H2. The highest BCUT2D eigenvalue weighted by atomic mass is 35.5. The van der Waals surface area contributed by atoms with E-state index in [1.54, 1.807) is 6.20 Å². The zero-order valence-corrected chi connectivity index (χ0v) is 11.5. The summed E-state index contributed by atoms with van der Waals surface area (Å²) in [7, 11) is 0. The zero-order valence-electron chi connectivity index (χ0n) is 10.7. The largest absolute Gasteiger partial charge is 0.355 e. The summed E-state index contributed by atoms with van der Waals surface area (Å²) in [6.07, 6.45) is 9.97. The Hall–Kier alpha value is -1.55. The maximum atomic E-state index is 6.23. The molecule has 0 spiro atoms. The molecule has 1 fully saturated rings. The fourth-order valence-corrected chi connectivity index (χ4v) is 2.95. The van der Waals surface area contributed by atoms with E-state index in [0.717, 1.165) is 30.5 Å². The number of pyridine rings is 1. The lowest BCUT2D eigenvalue weighted by Crippen LogP contribution is -2.37. The molecule has 0 aliphatic carbocycles. The number of hydrogen-bond donors (Lipinski definition) is 0. The van der Waals surface area contributed by atoms with Crippen molar-refractivity contribution in [1.29, 1.82) is 0 Å². The predicted octanol–water partition coefficient (Wildman–Crippen LogP) is 2.85. The first-order valence-electron chi connectivity index (χ1n) is 6.64. The van der Waals surface area contributed by atoms with E-state index < -0.39 is 0 Å². The van der Waals surface area contributed by atoms with Gasteiger partial charge in [-0.05, 0) is 30.9 Å². The SMILES string of the molecule is Clc1cccnc1N1CCCC(Cn2ccnc2)C1. The summed E-state index contributed by atoms with van der Waals surface area (Å²) in [5.41, 5.74) is 0. The van der Waals surface area contributed by atoms with Crippen molar-refractivity contribution in [1.82, 2.24) is 14.5 Å². The highest BCUT2D eigenvalue weighted by molar-refractivity contribution is 6.32. The Balaban J connectivity index is 1.70. The first kappa shape index (κ1) is 12.5. The fraction of sp³-hybridized carbons (Fsp3) is 0.429. The topological polar surface area (TPSA) is 34.0 Å². The third-order valence-corrected chi connectivity index (χ3v) is 3.88. The minimum absolute atomic E-state index is 0.626. The number of rotatable bonds is 3. The van der Waals surface area contributed by atoms with E-state index in [-0.39, 0.29) is 0 Å². The van der Waals surface area contributed by atoms with Gasteiger partial charge in [-0.1, -0.05) is 11.6 Å². The fourth-order valence-electron chi connectivity index (χ4n) is 2.71. The van der Waals surface area contributed by atoms with Gasteiger partial charge in [-0.2, -0.15) is 0 Å². The van der Waals surface area contributed by atoms with E-state index in [1.165, 1.54) is 12.8 Å². The Labute approximate surface area is 118 Å². The minimum atomic E-state index is 0.626. The van der Waals surface area contributed by atoms with Crippen molar-refractivity contribution in [3.8, 4) is 0 Å². The number of nitrogens with zero attached hydrogens (tertiary/aromatic N) is 4. The van der Waals surface area contributed by atoms with Crippen LogP contribution in [0.2, 0.25) is 5.02 Å². The molecule has 0 radical (unpaired) electrons. The number of aromatic nitrogens is 3. The molecule has 2 aromatic rings. The van der Waals surface area contributed by atoms with Crippen molar-refractivity contribution >= 4 is 17.4 Å². The summed E-state index contributed by atoms with van der Waals surface area (Å²) in [5.74, 6) is 1.54. The Kier molecular flexibility index (Phi) is 3.69. The van der Waals surface area contributed by atoms with E-state index in [4.69, 9.17) is 11.6 Å². The molecule has 3 heterocycles. The van der Waals surface area contributed by atoms with Crippen LogP contribution in [-0.2, 0) is 6.54 Å². The van der Waals surface area contributed by atoms with Gasteiger partial charge in [0.05, 0.1) is 11.3 Å². The summed E-state index contributed by atoms with van der Waals surface area (Å²) >= 11 is 6.23. The molecule has 1 aliphatic rings. The van der Waals surface area contributed by atoms with Crippen LogP contribution in [0.5, 0.6) is 0 Å². The maximum absolute atomic E-state index is 6.23. The highest BCUT2D eigenvalue weighted by Gasteiger charge is 2.22. The van der Waals surface area contributed by atoms with Crippen LogP contribution in [0.25, 0.3) is 0 Å². The van der Waals surface area contributed by atoms with E-state index in [9.17, 15) is 0 Å². The smallest absolute Gasteiger partial charge is 0.147 e. The number of hydrogen-bond acceptors (Lipinski definition) is 3. The molecule has 0 bridgehead atoms. The quantitative estimate of drug-likeness (QED) is 0.864. The van der Waals surface area contributed by atoms with E-state index in [2.05, 4.69) is 19.4 Å². The molecular formula is C14H17ClN4. The molecule has 0 saturated carbocycles. The van der Waals surface area contributed by atoms with Crippen molar-refractivity contribution in [2.75, 3.05) is 18.0 Å². The van der Waals surface area contributed by atoms with Gasteiger partial charge < -0.3 is 9.47 Å². The molecule has 2 aromatic heterocycles. The van der Waals surface area contributed by atoms with Crippen molar-refractivity contribution in [2.45, 2.75) is 19.4 Å². The van der Waals surface area contributed by atoms with Crippen molar-refractivity contribution < 1.29 is 0 Å². The first-order valence-corrected chi connectivity index (χ1v) is 7.02. The molecule has 0 aromatic carbocycles. The van der Waals surface area contributed by atoms with Gasteiger partial charge in [-0.25, -0.2) is 9.97 Å². The maximum Gasteiger partial charge on any atom is 0.147 e. The normalized spacial score (nSPS) is 19.6. The van der Waals surface area contributed by atoms with Gasteiger partial charge >= 0.3 is 0 Å². The van der Waals surface area contributed by atoms with Crippen molar-refractivity contribution in [3.63, 3.8) is 0 Å². The number of halogens is 1. The van der Waals surface area contributed by atoms with Gasteiger partial charge in [0.25, 0.3) is 0 Å². The van der Waals surface area contributed by atoms with Crippen molar-refractivity contribution in [2.24, 2.45) is 5.92 Å². The molecule has 3 rings (SSSR count). The molecule has 1 saturated heterocycles. The van der Waals surface area contributed by atoms with E-state index in [1.807, 2.05) is 30.9 Å². The van der Waals surface area contributed by atoms with Crippen molar-refractivity contribution in [3.05, 3.63) is 42.1 Å². The van der Waals surface area contributed by atoms with Gasteiger partial charge in [0.1, 0.15) is 5.82 Å². The zero-order chi connectivity index (χ0) is 13.1. The monoisotopic (exact) mass is 276 g/mol. The lowest BCUT2D eigenvalue weighted by atomic mass is 9.98. The molecule has 1 atom stereocenters. The van der Waals surface area contributed by atoms with Gasteiger partial charge in [-0.15, -0.1) is 0 Å². The molecule has 1 aliphatic heterocycles. The average Bonchev–Trinajstić information content (AvgIpc) is 2.92. The summed E-state index contributed by atoms with van der Waals surface area (Å²) in [4.78, 5) is 10.8. The third-order valence-electron chi connectivity index (χ3n) is 3.59. The van der Waals surface area contributed by atoms with Crippen LogP contribution >= 0.6 is 11.6 Å². The number of imidazole rings is 1. The Morgan fingerprint density at radius 2 is 2.32 bits per heavy atom. The van der Waals surface area contributed by atoms with Gasteiger partial charge in [0.2, 0.25) is 0 Å². The second kappa shape index (κ2) is 5.61. The van der Waals surface area contributed by atoms with E-state index in [0.29, 0.717) is 5.92 Å². The predicted molar refractivity (Wildman–Crippen MR) is 76.4 cm³/mol. The Morgan fingerprint density at radius 3 is 3.11 bits per heavy atom. The number of anilines is 1. The molecule has 0 amide bonds. The van der Waals surface area contributed by atoms with Crippen LogP contribution < -0.4 is 4.90 Å². The van der Waals surface area contributed by atoms with Crippen LogP contribution in [0.1, 0.15) is 12.8 Å².